The van der Waals surface area contributed by atoms with Crippen LogP contribution in [-0.4, -0.2) is 5.17 Å². The second-order valence-corrected chi connectivity index (χ2v) is 4.68. The lowest BCUT2D eigenvalue weighted by atomic mass is 10.2. The Labute approximate surface area is 120 Å². The zero-order valence-electron chi connectivity index (χ0n) is 9.20. The van der Waals surface area contributed by atoms with Gasteiger partial charge in [0.1, 0.15) is 0 Å². The summed E-state index contributed by atoms with van der Waals surface area (Å²) in [7, 11) is 0. The molecule has 0 spiro atoms. The largest absolute Gasteiger partial charge is 0.277 e. The van der Waals surface area contributed by atoms with Gasteiger partial charge in [0.05, 0.1) is 15.7 Å². The van der Waals surface area contributed by atoms with Crippen LogP contribution >= 0.6 is 34.8 Å². The van der Waals surface area contributed by atoms with E-state index in [0.29, 0.717) is 15.2 Å². The Morgan fingerprint density at radius 2 is 1.67 bits per heavy atom. The van der Waals surface area contributed by atoms with Gasteiger partial charge in [0.2, 0.25) is 0 Å². The molecule has 1 N–H and O–H groups in total. The average Bonchev–Trinajstić information content (AvgIpc) is 2.41. The molecule has 0 aliphatic heterocycles. The topological polar surface area (TPSA) is 24.4 Å². The van der Waals surface area contributed by atoms with Gasteiger partial charge in [0.25, 0.3) is 0 Å². The van der Waals surface area contributed by atoms with E-state index in [1.807, 2.05) is 30.3 Å². The van der Waals surface area contributed by atoms with Crippen LogP contribution in [0.15, 0.2) is 53.6 Å². The van der Waals surface area contributed by atoms with Crippen molar-refractivity contribution in [3.8, 4) is 0 Å². The molecule has 0 radical (unpaired) electrons. The Morgan fingerprint density at radius 1 is 0.944 bits per heavy atom. The Hall–Kier alpha value is -1.22. The Morgan fingerprint density at radius 3 is 2.33 bits per heavy atom. The van der Waals surface area contributed by atoms with E-state index < -0.39 is 0 Å². The number of halogens is 3. The summed E-state index contributed by atoms with van der Waals surface area (Å²) < 4.78 is 0. The quantitative estimate of drug-likeness (QED) is 0.625. The number of nitrogens with zero attached hydrogens (tertiary/aromatic N) is 1. The highest BCUT2D eigenvalue weighted by molar-refractivity contribution is 6.69. The van der Waals surface area contributed by atoms with Crippen LogP contribution in [-0.2, 0) is 0 Å². The molecule has 0 amide bonds. The van der Waals surface area contributed by atoms with Gasteiger partial charge in [-0.15, -0.1) is 0 Å². The molecule has 2 rings (SSSR count). The predicted molar refractivity (Wildman–Crippen MR) is 78.9 cm³/mol. The third-order valence-corrected chi connectivity index (χ3v) is 3.26. The molecule has 0 aromatic heterocycles. The first-order valence-electron chi connectivity index (χ1n) is 5.16. The molecule has 0 heterocycles. The Balaban J connectivity index is 2.13. The first-order valence-corrected chi connectivity index (χ1v) is 6.30. The molecule has 0 bridgehead atoms. The molecule has 2 aromatic rings. The van der Waals surface area contributed by atoms with E-state index in [0.717, 1.165) is 11.3 Å². The highest BCUT2D eigenvalue weighted by atomic mass is 35.5. The van der Waals surface area contributed by atoms with E-state index in [1.165, 1.54) is 0 Å². The molecular weight excluding hydrogens is 291 g/mol. The van der Waals surface area contributed by atoms with Gasteiger partial charge >= 0.3 is 0 Å². The number of nitrogens with one attached hydrogen (secondary N) is 1. The minimum absolute atomic E-state index is 0.377. The van der Waals surface area contributed by atoms with Gasteiger partial charge in [0.15, 0.2) is 5.17 Å². The number of hydrazone groups is 1. The van der Waals surface area contributed by atoms with E-state index in [9.17, 15) is 0 Å². The van der Waals surface area contributed by atoms with Gasteiger partial charge < -0.3 is 0 Å². The molecule has 5 heteroatoms. The maximum absolute atomic E-state index is 6.06. The highest BCUT2D eigenvalue weighted by Gasteiger charge is 2.00. The van der Waals surface area contributed by atoms with Crippen molar-refractivity contribution in [2.75, 3.05) is 5.43 Å². The Kier molecular flexibility index (Phi) is 4.48. The predicted octanol–water partition coefficient (Wildman–Crippen LogP) is 5.01. The fourth-order valence-electron chi connectivity index (χ4n) is 1.32. The molecule has 0 fully saturated rings. The second-order valence-electron chi connectivity index (χ2n) is 3.51. The molecular formula is C13H9Cl3N2. The fourth-order valence-corrected chi connectivity index (χ4v) is 1.79. The summed E-state index contributed by atoms with van der Waals surface area (Å²) in [4.78, 5) is 0. The average molecular weight is 300 g/mol. The van der Waals surface area contributed by atoms with Crippen LogP contribution < -0.4 is 5.43 Å². The second kappa shape index (κ2) is 6.10. The van der Waals surface area contributed by atoms with Gasteiger partial charge in [-0.25, -0.2) is 0 Å². The molecule has 0 atom stereocenters. The lowest BCUT2D eigenvalue weighted by molar-refractivity contribution is 1.34. The number of hydrogen-bond donors (Lipinski definition) is 1. The summed E-state index contributed by atoms with van der Waals surface area (Å²) in [6.07, 6.45) is 0. The van der Waals surface area contributed by atoms with Crippen LogP contribution in [0.1, 0.15) is 5.56 Å². The van der Waals surface area contributed by atoms with Gasteiger partial charge in [-0.3, -0.25) is 5.43 Å². The smallest absolute Gasteiger partial charge is 0.156 e. The fraction of sp³-hybridized carbons (Fsp3) is 0. The van der Waals surface area contributed by atoms with E-state index in [1.54, 1.807) is 18.2 Å². The van der Waals surface area contributed by atoms with Crippen LogP contribution in [0.4, 0.5) is 5.69 Å². The molecule has 18 heavy (non-hydrogen) atoms. The van der Waals surface area contributed by atoms with Gasteiger partial charge in [-0.05, 0) is 18.2 Å². The summed E-state index contributed by atoms with van der Waals surface area (Å²) in [5.74, 6) is 0. The summed E-state index contributed by atoms with van der Waals surface area (Å²) in [6.45, 7) is 0. The minimum atomic E-state index is 0.377. The molecule has 0 unspecified atom stereocenters. The summed E-state index contributed by atoms with van der Waals surface area (Å²) >= 11 is 17.8. The van der Waals surface area contributed by atoms with Gasteiger partial charge in [-0.2, -0.15) is 5.10 Å². The van der Waals surface area contributed by atoms with Crippen molar-refractivity contribution < 1.29 is 0 Å². The monoisotopic (exact) mass is 298 g/mol. The van der Waals surface area contributed by atoms with E-state index in [-0.39, 0.29) is 0 Å². The zero-order chi connectivity index (χ0) is 13.0. The minimum Gasteiger partial charge on any atom is -0.277 e. The van der Waals surface area contributed by atoms with E-state index in [4.69, 9.17) is 34.8 Å². The summed E-state index contributed by atoms with van der Waals surface area (Å²) in [5, 5.41) is 5.41. The van der Waals surface area contributed by atoms with E-state index in [2.05, 4.69) is 10.5 Å². The maximum atomic E-state index is 6.06. The SMILES string of the molecule is Cl/C(=N\Nc1ccc(Cl)c(Cl)c1)c1ccccc1. The third kappa shape index (κ3) is 3.39. The summed E-state index contributed by atoms with van der Waals surface area (Å²) in [6, 6.07) is 14.6. The molecule has 92 valence electrons. The molecule has 0 saturated carbocycles. The van der Waals surface area contributed by atoms with Crippen LogP contribution in [0, 0.1) is 0 Å². The van der Waals surface area contributed by atoms with Crippen LogP contribution in [0.5, 0.6) is 0 Å². The summed E-state index contributed by atoms with van der Waals surface area (Å²) in [5.41, 5.74) is 4.38. The normalized spacial score (nSPS) is 11.4. The number of anilines is 1. The first kappa shape index (κ1) is 13.2. The molecule has 0 saturated heterocycles. The van der Waals surface area contributed by atoms with Crippen molar-refractivity contribution in [3.63, 3.8) is 0 Å². The first-order chi connectivity index (χ1) is 8.66. The van der Waals surface area contributed by atoms with Crippen LogP contribution in [0.25, 0.3) is 0 Å². The van der Waals surface area contributed by atoms with Crippen LogP contribution in [0.3, 0.4) is 0 Å². The molecule has 2 aromatic carbocycles. The van der Waals surface area contributed by atoms with E-state index >= 15 is 0 Å². The zero-order valence-corrected chi connectivity index (χ0v) is 11.5. The molecule has 0 aliphatic rings. The maximum Gasteiger partial charge on any atom is 0.156 e. The number of rotatable bonds is 3. The van der Waals surface area contributed by atoms with Crippen molar-refractivity contribution >= 4 is 45.7 Å². The van der Waals surface area contributed by atoms with Crippen molar-refractivity contribution in [3.05, 3.63) is 64.1 Å². The van der Waals surface area contributed by atoms with Gasteiger partial charge in [-0.1, -0.05) is 65.1 Å². The van der Waals surface area contributed by atoms with Crippen molar-refractivity contribution in [1.29, 1.82) is 0 Å². The number of benzene rings is 2. The lowest BCUT2D eigenvalue weighted by Gasteiger charge is -2.03. The van der Waals surface area contributed by atoms with Crippen molar-refractivity contribution in [2.45, 2.75) is 0 Å². The van der Waals surface area contributed by atoms with Crippen molar-refractivity contribution in [2.24, 2.45) is 5.10 Å². The lowest BCUT2D eigenvalue weighted by Crippen LogP contribution is -1.96. The standard InChI is InChI=1S/C13H9Cl3N2/c14-11-7-6-10(8-12(11)15)17-18-13(16)9-4-2-1-3-5-9/h1-8,17H/b18-13-. The highest BCUT2D eigenvalue weighted by Crippen LogP contribution is 2.25. The third-order valence-electron chi connectivity index (χ3n) is 2.21. The molecule has 0 aliphatic carbocycles. The number of hydrogen-bond acceptors (Lipinski definition) is 2. The molecule has 2 nitrogen and oxygen atoms in total. The van der Waals surface area contributed by atoms with Gasteiger partial charge in [0, 0.05) is 5.56 Å². The van der Waals surface area contributed by atoms with Crippen LogP contribution in [0.2, 0.25) is 10.0 Å². The Bertz CT molecular complexity index is 568. The van der Waals surface area contributed by atoms with Crippen molar-refractivity contribution in [1.82, 2.24) is 0 Å².